The SMILES string of the molecule is COCC[C@@]1(CO)CCCN(c2nc(C)ncc2C)C1. The Hall–Kier alpha value is -1.20. The Balaban J connectivity index is 2.18. The van der Waals surface area contributed by atoms with Crippen LogP contribution in [-0.2, 0) is 4.74 Å². The number of hydrogen-bond acceptors (Lipinski definition) is 5. The molecule has 0 unspecified atom stereocenters. The summed E-state index contributed by atoms with van der Waals surface area (Å²) < 4.78 is 5.20. The number of hydrogen-bond donors (Lipinski definition) is 1. The van der Waals surface area contributed by atoms with Gasteiger partial charge in [-0.1, -0.05) is 0 Å². The smallest absolute Gasteiger partial charge is 0.135 e. The fraction of sp³-hybridized carbons (Fsp3) is 0.733. The molecule has 1 atom stereocenters. The Morgan fingerprint density at radius 3 is 2.95 bits per heavy atom. The maximum Gasteiger partial charge on any atom is 0.135 e. The lowest BCUT2D eigenvalue weighted by molar-refractivity contribution is 0.0624. The molecule has 5 heteroatoms. The minimum absolute atomic E-state index is 0.0699. The zero-order valence-corrected chi connectivity index (χ0v) is 12.7. The molecule has 0 radical (unpaired) electrons. The number of ether oxygens (including phenoxy) is 1. The molecule has 1 saturated heterocycles. The van der Waals surface area contributed by atoms with Crippen LogP contribution < -0.4 is 4.90 Å². The highest BCUT2D eigenvalue weighted by molar-refractivity contribution is 5.46. The molecule has 1 aliphatic heterocycles. The fourth-order valence-corrected chi connectivity index (χ4v) is 2.96. The number of piperidine rings is 1. The van der Waals surface area contributed by atoms with Crippen LogP contribution in [0.5, 0.6) is 0 Å². The summed E-state index contributed by atoms with van der Waals surface area (Å²) in [7, 11) is 1.71. The molecule has 2 rings (SSSR count). The minimum atomic E-state index is -0.0699. The van der Waals surface area contributed by atoms with Gasteiger partial charge in [0, 0.05) is 44.0 Å². The molecule has 0 spiro atoms. The number of aryl methyl sites for hydroxylation is 2. The van der Waals surface area contributed by atoms with E-state index in [1.807, 2.05) is 20.0 Å². The third-order valence-corrected chi connectivity index (χ3v) is 4.20. The fourth-order valence-electron chi connectivity index (χ4n) is 2.96. The molecule has 0 aromatic carbocycles. The topological polar surface area (TPSA) is 58.5 Å². The summed E-state index contributed by atoms with van der Waals surface area (Å²) in [5, 5.41) is 9.84. The third kappa shape index (κ3) is 3.27. The molecule has 1 aliphatic rings. The standard InChI is InChI=1S/C15H25N3O2/c1-12-9-16-13(2)17-14(12)18-7-4-5-15(10-18,11-19)6-8-20-3/h9,19H,4-8,10-11H2,1-3H3/t15-/m0/s1. The van der Waals surface area contributed by atoms with Crippen molar-refractivity contribution in [3.05, 3.63) is 17.6 Å². The Kier molecular flexibility index (Phi) is 4.94. The summed E-state index contributed by atoms with van der Waals surface area (Å²) in [5.41, 5.74) is 1.02. The Labute approximate surface area is 121 Å². The molecule has 1 N–H and O–H groups in total. The lowest BCUT2D eigenvalue weighted by Crippen LogP contribution is -2.46. The van der Waals surface area contributed by atoms with Crippen molar-refractivity contribution in [2.75, 3.05) is 38.3 Å². The molecule has 0 bridgehead atoms. The third-order valence-electron chi connectivity index (χ3n) is 4.20. The van der Waals surface area contributed by atoms with Gasteiger partial charge in [-0.2, -0.15) is 0 Å². The summed E-state index contributed by atoms with van der Waals surface area (Å²) in [6.45, 7) is 6.68. The van der Waals surface area contributed by atoms with E-state index in [-0.39, 0.29) is 12.0 Å². The molecule has 1 aromatic rings. The predicted octanol–water partition coefficient (Wildman–Crippen LogP) is 1.71. The van der Waals surface area contributed by atoms with Crippen molar-refractivity contribution in [1.29, 1.82) is 0 Å². The highest BCUT2D eigenvalue weighted by Gasteiger charge is 2.35. The van der Waals surface area contributed by atoms with Gasteiger partial charge in [0.05, 0.1) is 6.61 Å². The van der Waals surface area contributed by atoms with E-state index in [4.69, 9.17) is 4.74 Å². The van der Waals surface area contributed by atoms with Crippen LogP contribution in [0, 0.1) is 19.3 Å². The molecule has 0 saturated carbocycles. The van der Waals surface area contributed by atoms with E-state index in [1.54, 1.807) is 7.11 Å². The van der Waals surface area contributed by atoms with Crippen LogP contribution in [0.25, 0.3) is 0 Å². The maximum absolute atomic E-state index is 9.84. The van der Waals surface area contributed by atoms with Crippen LogP contribution in [0.3, 0.4) is 0 Å². The van der Waals surface area contributed by atoms with Crippen LogP contribution in [0.15, 0.2) is 6.20 Å². The molecule has 2 heterocycles. The van der Waals surface area contributed by atoms with Gasteiger partial charge >= 0.3 is 0 Å². The van der Waals surface area contributed by atoms with Gasteiger partial charge in [-0.05, 0) is 33.1 Å². The summed E-state index contributed by atoms with van der Waals surface area (Å²) in [4.78, 5) is 11.1. The number of methoxy groups -OCH3 is 1. The number of aliphatic hydroxyl groups excluding tert-OH is 1. The number of rotatable bonds is 5. The van der Waals surface area contributed by atoms with Crippen LogP contribution in [0.2, 0.25) is 0 Å². The van der Waals surface area contributed by atoms with Crippen molar-refractivity contribution in [2.24, 2.45) is 5.41 Å². The van der Waals surface area contributed by atoms with Gasteiger partial charge in [-0.15, -0.1) is 0 Å². The van der Waals surface area contributed by atoms with Crippen molar-refractivity contribution in [1.82, 2.24) is 9.97 Å². The lowest BCUT2D eigenvalue weighted by atomic mass is 9.78. The first-order valence-corrected chi connectivity index (χ1v) is 7.25. The van der Waals surface area contributed by atoms with Gasteiger partial charge in [-0.25, -0.2) is 9.97 Å². The summed E-state index contributed by atoms with van der Waals surface area (Å²) >= 11 is 0. The van der Waals surface area contributed by atoms with E-state index in [1.165, 1.54) is 0 Å². The summed E-state index contributed by atoms with van der Waals surface area (Å²) in [6.07, 6.45) is 4.89. The van der Waals surface area contributed by atoms with Crippen molar-refractivity contribution in [2.45, 2.75) is 33.1 Å². The van der Waals surface area contributed by atoms with Gasteiger partial charge in [0.1, 0.15) is 11.6 Å². The van der Waals surface area contributed by atoms with Gasteiger partial charge in [0.15, 0.2) is 0 Å². The van der Waals surface area contributed by atoms with Crippen LogP contribution in [-0.4, -0.2) is 48.5 Å². The van der Waals surface area contributed by atoms with Gasteiger partial charge in [-0.3, -0.25) is 0 Å². The van der Waals surface area contributed by atoms with Gasteiger partial charge < -0.3 is 14.7 Å². The first-order valence-electron chi connectivity index (χ1n) is 7.25. The van der Waals surface area contributed by atoms with Crippen molar-refractivity contribution in [3.8, 4) is 0 Å². The molecule has 112 valence electrons. The predicted molar refractivity (Wildman–Crippen MR) is 79.0 cm³/mol. The Bertz CT molecular complexity index is 453. The monoisotopic (exact) mass is 279 g/mol. The van der Waals surface area contributed by atoms with Crippen LogP contribution in [0.4, 0.5) is 5.82 Å². The Morgan fingerprint density at radius 1 is 1.45 bits per heavy atom. The van der Waals surface area contributed by atoms with Crippen LogP contribution in [0.1, 0.15) is 30.7 Å². The molecule has 1 fully saturated rings. The zero-order chi connectivity index (χ0) is 14.6. The first kappa shape index (κ1) is 15.2. The lowest BCUT2D eigenvalue weighted by Gasteiger charge is -2.42. The molecular weight excluding hydrogens is 254 g/mol. The number of aliphatic hydroxyl groups is 1. The van der Waals surface area contributed by atoms with Crippen molar-refractivity contribution in [3.63, 3.8) is 0 Å². The second kappa shape index (κ2) is 6.50. The molecule has 0 amide bonds. The number of aromatic nitrogens is 2. The van der Waals surface area contributed by atoms with Gasteiger partial charge in [0.2, 0.25) is 0 Å². The quantitative estimate of drug-likeness (QED) is 0.889. The number of nitrogens with zero attached hydrogens (tertiary/aromatic N) is 3. The van der Waals surface area contributed by atoms with E-state index in [0.29, 0.717) is 6.61 Å². The van der Waals surface area contributed by atoms with E-state index in [0.717, 1.165) is 49.6 Å². The largest absolute Gasteiger partial charge is 0.396 e. The van der Waals surface area contributed by atoms with E-state index < -0.39 is 0 Å². The highest BCUT2D eigenvalue weighted by atomic mass is 16.5. The van der Waals surface area contributed by atoms with E-state index in [2.05, 4.69) is 14.9 Å². The van der Waals surface area contributed by atoms with Crippen molar-refractivity contribution < 1.29 is 9.84 Å². The molecule has 5 nitrogen and oxygen atoms in total. The molecule has 1 aromatic heterocycles. The molecule has 20 heavy (non-hydrogen) atoms. The maximum atomic E-state index is 9.84. The summed E-state index contributed by atoms with van der Waals surface area (Å²) in [5.74, 6) is 1.80. The summed E-state index contributed by atoms with van der Waals surface area (Å²) in [6, 6.07) is 0. The van der Waals surface area contributed by atoms with E-state index >= 15 is 0 Å². The minimum Gasteiger partial charge on any atom is -0.396 e. The Morgan fingerprint density at radius 2 is 2.25 bits per heavy atom. The zero-order valence-electron chi connectivity index (χ0n) is 12.7. The second-order valence-corrected chi connectivity index (χ2v) is 5.85. The first-order chi connectivity index (χ1) is 9.60. The number of anilines is 1. The average molecular weight is 279 g/mol. The average Bonchev–Trinajstić information content (AvgIpc) is 2.48. The van der Waals surface area contributed by atoms with Crippen LogP contribution >= 0.6 is 0 Å². The van der Waals surface area contributed by atoms with Crippen molar-refractivity contribution >= 4 is 5.82 Å². The van der Waals surface area contributed by atoms with E-state index in [9.17, 15) is 5.11 Å². The molecular formula is C15H25N3O2. The van der Waals surface area contributed by atoms with Gasteiger partial charge in [0.25, 0.3) is 0 Å². The normalized spacial score (nSPS) is 23.1. The second-order valence-electron chi connectivity index (χ2n) is 5.85. The molecule has 0 aliphatic carbocycles. The highest BCUT2D eigenvalue weighted by Crippen LogP contribution is 2.35.